The lowest BCUT2D eigenvalue weighted by atomic mass is 9.73. The van der Waals surface area contributed by atoms with Gasteiger partial charge in [-0.05, 0) is 78.3 Å². The standard InChI is InChI=1S/C20H36N2O4/c1-19(2,3)26-18(25)22-10-6-15(7-11-22)14-21-12-8-20(9-13-21)16(23)4-5-17(20)24/h15-17,23-24H,4-14H2,1-3H3. The summed E-state index contributed by atoms with van der Waals surface area (Å²) in [5, 5.41) is 20.6. The second-order valence-corrected chi connectivity index (χ2v) is 9.55. The Bertz CT molecular complexity index is 477. The highest BCUT2D eigenvalue weighted by Gasteiger charge is 2.50. The van der Waals surface area contributed by atoms with E-state index in [-0.39, 0.29) is 23.7 Å². The highest BCUT2D eigenvalue weighted by molar-refractivity contribution is 5.68. The van der Waals surface area contributed by atoms with Gasteiger partial charge in [-0.25, -0.2) is 4.79 Å². The minimum absolute atomic E-state index is 0.194. The zero-order valence-corrected chi connectivity index (χ0v) is 16.6. The van der Waals surface area contributed by atoms with E-state index in [9.17, 15) is 15.0 Å². The molecule has 3 aliphatic rings. The molecule has 0 bridgehead atoms. The third-order valence-electron chi connectivity index (χ3n) is 6.61. The first-order valence-corrected chi connectivity index (χ1v) is 10.3. The van der Waals surface area contributed by atoms with Crippen molar-refractivity contribution >= 4 is 6.09 Å². The van der Waals surface area contributed by atoms with Crippen molar-refractivity contribution in [1.82, 2.24) is 9.80 Å². The van der Waals surface area contributed by atoms with Gasteiger partial charge in [0.15, 0.2) is 0 Å². The Balaban J connectivity index is 1.41. The van der Waals surface area contributed by atoms with E-state index in [1.807, 2.05) is 25.7 Å². The lowest BCUT2D eigenvalue weighted by molar-refractivity contribution is -0.0664. The van der Waals surface area contributed by atoms with Gasteiger partial charge in [-0.15, -0.1) is 0 Å². The summed E-state index contributed by atoms with van der Waals surface area (Å²) < 4.78 is 5.47. The topological polar surface area (TPSA) is 73.2 Å². The van der Waals surface area contributed by atoms with Crippen LogP contribution in [0.25, 0.3) is 0 Å². The molecule has 2 saturated heterocycles. The maximum Gasteiger partial charge on any atom is 0.410 e. The van der Waals surface area contributed by atoms with Crippen molar-refractivity contribution in [1.29, 1.82) is 0 Å². The van der Waals surface area contributed by atoms with Crippen LogP contribution in [0.5, 0.6) is 0 Å². The highest BCUT2D eigenvalue weighted by atomic mass is 16.6. The van der Waals surface area contributed by atoms with Crippen LogP contribution in [-0.2, 0) is 4.74 Å². The van der Waals surface area contributed by atoms with Crippen molar-refractivity contribution < 1.29 is 19.7 Å². The first kappa shape index (κ1) is 19.9. The number of hydrogen-bond donors (Lipinski definition) is 2. The Morgan fingerprint density at radius 3 is 2.04 bits per heavy atom. The van der Waals surface area contributed by atoms with Crippen LogP contribution in [0.15, 0.2) is 0 Å². The molecule has 0 aromatic carbocycles. The van der Waals surface area contributed by atoms with Gasteiger partial charge >= 0.3 is 6.09 Å². The maximum absolute atomic E-state index is 12.2. The number of likely N-dealkylation sites (tertiary alicyclic amines) is 2. The van der Waals surface area contributed by atoms with E-state index >= 15 is 0 Å². The summed E-state index contributed by atoms with van der Waals surface area (Å²) in [6.45, 7) is 10.2. The number of nitrogens with zero attached hydrogens (tertiary/aromatic N) is 2. The Kier molecular flexibility index (Phi) is 5.85. The summed E-state index contributed by atoms with van der Waals surface area (Å²) in [5.41, 5.74) is -0.691. The van der Waals surface area contributed by atoms with Crippen molar-refractivity contribution in [2.45, 2.75) is 77.1 Å². The molecule has 1 aliphatic carbocycles. The van der Waals surface area contributed by atoms with Crippen molar-refractivity contribution in [2.24, 2.45) is 11.3 Å². The molecule has 3 fully saturated rings. The summed E-state index contributed by atoms with van der Waals surface area (Å²) in [5.74, 6) is 0.612. The molecule has 2 aliphatic heterocycles. The lowest BCUT2D eigenvalue weighted by Gasteiger charge is -2.44. The van der Waals surface area contributed by atoms with Gasteiger partial charge in [0.25, 0.3) is 0 Å². The Morgan fingerprint density at radius 1 is 1.00 bits per heavy atom. The van der Waals surface area contributed by atoms with Crippen LogP contribution in [0.3, 0.4) is 0 Å². The van der Waals surface area contributed by atoms with Gasteiger partial charge in [0.05, 0.1) is 12.2 Å². The first-order chi connectivity index (χ1) is 12.2. The number of carbonyl (C=O) groups excluding carboxylic acids is 1. The van der Waals surface area contributed by atoms with Crippen molar-refractivity contribution in [3.8, 4) is 0 Å². The first-order valence-electron chi connectivity index (χ1n) is 10.3. The molecule has 0 aromatic rings. The van der Waals surface area contributed by atoms with E-state index in [0.29, 0.717) is 5.92 Å². The number of aliphatic hydroxyl groups excluding tert-OH is 2. The number of carbonyl (C=O) groups is 1. The van der Waals surface area contributed by atoms with E-state index in [2.05, 4.69) is 4.90 Å². The summed E-state index contributed by atoms with van der Waals surface area (Å²) in [7, 11) is 0. The van der Waals surface area contributed by atoms with Gasteiger partial charge in [0.1, 0.15) is 5.60 Å². The molecular weight excluding hydrogens is 332 g/mol. The Morgan fingerprint density at radius 2 is 1.54 bits per heavy atom. The summed E-state index contributed by atoms with van der Waals surface area (Å²) in [4.78, 5) is 16.5. The molecule has 2 heterocycles. The molecule has 1 amide bonds. The van der Waals surface area contributed by atoms with E-state index < -0.39 is 5.60 Å². The van der Waals surface area contributed by atoms with E-state index in [0.717, 1.165) is 71.2 Å². The number of rotatable bonds is 2. The Labute approximate surface area is 157 Å². The van der Waals surface area contributed by atoms with Crippen LogP contribution in [-0.4, -0.2) is 76.6 Å². The fraction of sp³-hybridized carbons (Fsp3) is 0.950. The number of ether oxygens (including phenoxy) is 1. The SMILES string of the molecule is CC(C)(C)OC(=O)N1CCC(CN2CCC3(CC2)C(O)CCC3O)CC1. The van der Waals surface area contributed by atoms with Crippen LogP contribution in [0, 0.1) is 11.3 Å². The molecule has 3 rings (SSSR count). The third-order valence-corrected chi connectivity index (χ3v) is 6.61. The molecule has 2 atom stereocenters. The van der Waals surface area contributed by atoms with Gasteiger partial charge in [-0.3, -0.25) is 0 Å². The average Bonchev–Trinajstić information content (AvgIpc) is 2.84. The molecule has 2 N–H and O–H groups in total. The summed E-state index contributed by atoms with van der Waals surface area (Å²) in [6.07, 6.45) is 4.44. The molecule has 2 unspecified atom stereocenters. The van der Waals surface area contributed by atoms with Crippen LogP contribution in [0.1, 0.15) is 59.3 Å². The number of hydrogen-bond acceptors (Lipinski definition) is 5. The van der Waals surface area contributed by atoms with E-state index in [4.69, 9.17) is 4.74 Å². The van der Waals surface area contributed by atoms with E-state index in [1.165, 1.54) is 0 Å². The Hall–Kier alpha value is -0.850. The third kappa shape index (κ3) is 4.34. The highest BCUT2D eigenvalue weighted by Crippen LogP contribution is 2.46. The minimum Gasteiger partial charge on any atom is -0.444 e. The molecule has 6 nitrogen and oxygen atoms in total. The maximum atomic E-state index is 12.2. The average molecular weight is 369 g/mol. The van der Waals surface area contributed by atoms with Crippen molar-refractivity contribution in [2.75, 3.05) is 32.7 Å². The molecule has 0 radical (unpaired) electrons. The fourth-order valence-electron chi connectivity index (χ4n) is 4.92. The molecule has 150 valence electrons. The van der Waals surface area contributed by atoms with Crippen LogP contribution < -0.4 is 0 Å². The van der Waals surface area contributed by atoms with Gasteiger partial charge in [-0.1, -0.05) is 0 Å². The van der Waals surface area contributed by atoms with Crippen LogP contribution in [0.2, 0.25) is 0 Å². The van der Waals surface area contributed by atoms with Gasteiger partial charge in [0, 0.05) is 25.0 Å². The number of piperidine rings is 2. The van der Waals surface area contributed by atoms with Crippen molar-refractivity contribution in [3.05, 3.63) is 0 Å². The predicted molar refractivity (Wildman–Crippen MR) is 99.9 cm³/mol. The predicted octanol–water partition coefficient (Wildman–Crippen LogP) is 2.23. The van der Waals surface area contributed by atoms with Gasteiger partial charge in [-0.2, -0.15) is 0 Å². The van der Waals surface area contributed by atoms with Crippen LogP contribution in [0.4, 0.5) is 4.79 Å². The summed E-state index contributed by atoms with van der Waals surface area (Å²) >= 11 is 0. The fourth-order valence-corrected chi connectivity index (χ4v) is 4.92. The minimum atomic E-state index is -0.437. The molecule has 1 spiro atoms. The van der Waals surface area contributed by atoms with Gasteiger partial charge < -0.3 is 24.7 Å². The molecule has 6 heteroatoms. The normalized spacial score (nSPS) is 30.7. The lowest BCUT2D eigenvalue weighted by Crippen LogP contribution is -2.50. The van der Waals surface area contributed by atoms with Gasteiger partial charge in [0.2, 0.25) is 0 Å². The smallest absolute Gasteiger partial charge is 0.410 e. The quantitative estimate of drug-likeness (QED) is 0.782. The molecule has 0 aromatic heterocycles. The van der Waals surface area contributed by atoms with Crippen molar-refractivity contribution in [3.63, 3.8) is 0 Å². The monoisotopic (exact) mass is 368 g/mol. The number of amides is 1. The van der Waals surface area contributed by atoms with E-state index in [1.54, 1.807) is 0 Å². The second kappa shape index (κ2) is 7.64. The number of aliphatic hydroxyl groups is 2. The van der Waals surface area contributed by atoms with Crippen LogP contribution >= 0.6 is 0 Å². The largest absolute Gasteiger partial charge is 0.444 e. The molecule has 26 heavy (non-hydrogen) atoms. The zero-order valence-electron chi connectivity index (χ0n) is 16.6. The second-order valence-electron chi connectivity index (χ2n) is 9.55. The molecular formula is C20H36N2O4. The summed E-state index contributed by atoms with van der Waals surface area (Å²) in [6, 6.07) is 0. The molecule has 1 saturated carbocycles. The zero-order chi connectivity index (χ0) is 18.9.